The van der Waals surface area contributed by atoms with E-state index in [0.29, 0.717) is 9.60 Å². The summed E-state index contributed by atoms with van der Waals surface area (Å²) in [6, 6.07) is 12.4. The average Bonchev–Trinajstić information content (AvgIpc) is 2.79. The standard InChI is InChI=1S/C13H8Br2N2O2S2/c14-8-5-6-12(9(15)7-8)21(18,19)17-13-16-10-3-1-2-4-11(10)20-13/h1-7H,(H,16,17). The van der Waals surface area contributed by atoms with Crippen LogP contribution in [0.4, 0.5) is 5.13 Å². The summed E-state index contributed by atoms with van der Waals surface area (Å²) >= 11 is 7.86. The molecule has 1 heterocycles. The third-order valence-corrected chi connectivity index (χ3v) is 6.59. The minimum Gasteiger partial charge on any atom is -0.255 e. The molecule has 4 nitrogen and oxygen atoms in total. The first-order valence-corrected chi connectivity index (χ1v) is 9.68. The van der Waals surface area contributed by atoms with Gasteiger partial charge in [0.25, 0.3) is 10.0 Å². The smallest absolute Gasteiger partial charge is 0.255 e. The van der Waals surface area contributed by atoms with Gasteiger partial charge in [-0.15, -0.1) is 0 Å². The monoisotopic (exact) mass is 446 g/mol. The van der Waals surface area contributed by atoms with Crippen molar-refractivity contribution in [3.63, 3.8) is 0 Å². The van der Waals surface area contributed by atoms with Crippen LogP contribution < -0.4 is 4.72 Å². The lowest BCUT2D eigenvalue weighted by molar-refractivity contribution is 0.600. The molecule has 3 rings (SSSR count). The first kappa shape index (κ1) is 15.0. The number of sulfonamides is 1. The van der Waals surface area contributed by atoms with Gasteiger partial charge in [-0.25, -0.2) is 13.4 Å². The fourth-order valence-corrected chi connectivity index (χ4v) is 5.63. The Labute approximate surface area is 142 Å². The third kappa shape index (κ3) is 3.13. The Hall–Kier alpha value is -0.960. The molecule has 0 aliphatic carbocycles. The van der Waals surface area contributed by atoms with Crippen molar-refractivity contribution < 1.29 is 8.42 Å². The number of nitrogens with zero attached hydrogens (tertiary/aromatic N) is 1. The summed E-state index contributed by atoms with van der Waals surface area (Å²) in [5.74, 6) is 0. The molecule has 2 aromatic carbocycles. The molecule has 21 heavy (non-hydrogen) atoms. The van der Waals surface area contributed by atoms with Gasteiger partial charge in [-0.2, -0.15) is 0 Å². The minimum absolute atomic E-state index is 0.171. The van der Waals surface area contributed by atoms with E-state index in [2.05, 4.69) is 41.6 Å². The van der Waals surface area contributed by atoms with Gasteiger partial charge < -0.3 is 0 Å². The number of aromatic nitrogens is 1. The fraction of sp³-hybridized carbons (Fsp3) is 0. The highest BCUT2D eigenvalue weighted by molar-refractivity contribution is 9.11. The Kier molecular flexibility index (Phi) is 4.04. The second-order valence-electron chi connectivity index (χ2n) is 4.17. The maximum Gasteiger partial charge on any atom is 0.264 e. The lowest BCUT2D eigenvalue weighted by atomic mass is 10.3. The first-order valence-electron chi connectivity index (χ1n) is 5.79. The van der Waals surface area contributed by atoms with Gasteiger partial charge in [0.2, 0.25) is 0 Å². The Morgan fingerprint density at radius 2 is 1.86 bits per heavy atom. The lowest BCUT2D eigenvalue weighted by Gasteiger charge is -2.07. The van der Waals surface area contributed by atoms with Crippen LogP contribution in [-0.4, -0.2) is 13.4 Å². The molecule has 3 aromatic rings. The van der Waals surface area contributed by atoms with Crippen molar-refractivity contribution >= 4 is 68.6 Å². The van der Waals surface area contributed by atoms with Crippen LogP contribution in [0.5, 0.6) is 0 Å². The summed E-state index contributed by atoms with van der Waals surface area (Å²) in [5, 5.41) is 0.353. The number of rotatable bonds is 3. The number of thiazole rings is 1. The van der Waals surface area contributed by atoms with Crippen LogP contribution in [0.15, 0.2) is 56.3 Å². The maximum atomic E-state index is 12.4. The van der Waals surface area contributed by atoms with E-state index in [1.54, 1.807) is 12.1 Å². The molecule has 0 bridgehead atoms. The van der Waals surface area contributed by atoms with E-state index < -0.39 is 10.0 Å². The van der Waals surface area contributed by atoms with Crippen LogP contribution >= 0.6 is 43.2 Å². The molecular weight excluding hydrogens is 440 g/mol. The summed E-state index contributed by atoms with van der Waals surface area (Å²) < 4.78 is 29.6. The van der Waals surface area contributed by atoms with Crippen LogP contribution in [0.2, 0.25) is 0 Å². The summed E-state index contributed by atoms with van der Waals surface area (Å²) in [6.45, 7) is 0. The largest absolute Gasteiger partial charge is 0.264 e. The van der Waals surface area contributed by atoms with Gasteiger partial charge in [-0.1, -0.05) is 39.4 Å². The summed E-state index contributed by atoms with van der Waals surface area (Å²) in [4.78, 5) is 4.45. The Morgan fingerprint density at radius 1 is 1.10 bits per heavy atom. The molecule has 1 N–H and O–H groups in total. The number of hydrogen-bond acceptors (Lipinski definition) is 4. The molecule has 108 valence electrons. The van der Waals surface area contributed by atoms with E-state index in [9.17, 15) is 8.42 Å². The number of fused-ring (bicyclic) bond motifs is 1. The first-order chi connectivity index (χ1) is 9.95. The number of para-hydroxylation sites is 1. The van der Waals surface area contributed by atoms with Crippen molar-refractivity contribution in [2.45, 2.75) is 4.90 Å². The molecule has 0 radical (unpaired) electrons. The van der Waals surface area contributed by atoms with Crippen molar-refractivity contribution in [3.05, 3.63) is 51.4 Å². The number of nitrogens with one attached hydrogen (secondary N) is 1. The summed E-state index contributed by atoms with van der Waals surface area (Å²) in [6.07, 6.45) is 0. The van der Waals surface area contributed by atoms with Crippen molar-refractivity contribution in [1.82, 2.24) is 4.98 Å². The molecule has 1 aromatic heterocycles. The van der Waals surface area contributed by atoms with Crippen LogP contribution in [-0.2, 0) is 10.0 Å². The Morgan fingerprint density at radius 3 is 2.57 bits per heavy atom. The van der Waals surface area contributed by atoms with E-state index in [1.165, 1.54) is 17.4 Å². The zero-order valence-electron chi connectivity index (χ0n) is 10.4. The SMILES string of the molecule is O=S(=O)(Nc1nc2ccccc2s1)c1ccc(Br)cc1Br. The van der Waals surface area contributed by atoms with Crippen molar-refractivity contribution in [3.8, 4) is 0 Å². The van der Waals surface area contributed by atoms with Gasteiger partial charge in [-0.05, 0) is 46.3 Å². The zero-order valence-corrected chi connectivity index (χ0v) is 15.2. The molecule has 0 fully saturated rings. The van der Waals surface area contributed by atoms with Gasteiger partial charge in [0, 0.05) is 8.95 Å². The van der Waals surface area contributed by atoms with E-state index >= 15 is 0 Å². The van der Waals surface area contributed by atoms with Gasteiger partial charge in [0.1, 0.15) is 4.90 Å². The number of anilines is 1. The van der Waals surface area contributed by atoms with Crippen molar-refractivity contribution in [2.24, 2.45) is 0 Å². The molecular formula is C13H8Br2N2O2S2. The maximum absolute atomic E-state index is 12.4. The predicted molar refractivity (Wildman–Crippen MR) is 92.3 cm³/mol. The predicted octanol–water partition coefficient (Wildman–Crippen LogP) is 4.62. The fourth-order valence-electron chi connectivity index (χ4n) is 1.78. The zero-order chi connectivity index (χ0) is 15.0. The van der Waals surface area contributed by atoms with Gasteiger partial charge >= 0.3 is 0 Å². The molecule has 0 aliphatic rings. The Bertz CT molecular complexity index is 890. The van der Waals surface area contributed by atoms with Crippen LogP contribution in [0.1, 0.15) is 0 Å². The highest BCUT2D eigenvalue weighted by Crippen LogP contribution is 2.30. The lowest BCUT2D eigenvalue weighted by Crippen LogP contribution is -2.13. The van der Waals surface area contributed by atoms with Crippen LogP contribution in [0, 0.1) is 0 Å². The van der Waals surface area contributed by atoms with Crippen LogP contribution in [0.25, 0.3) is 10.2 Å². The van der Waals surface area contributed by atoms with Gasteiger partial charge in [-0.3, -0.25) is 4.72 Å². The van der Waals surface area contributed by atoms with E-state index in [-0.39, 0.29) is 4.90 Å². The van der Waals surface area contributed by atoms with E-state index in [4.69, 9.17) is 0 Å². The average molecular weight is 448 g/mol. The molecule has 0 atom stereocenters. The van der Waals surface area contributed by atoms with E-state index in [1.807, 2.05) is 24.3 Å². The second-order valence-corrected chi connectivity index (χ2v) is 8.62. The topological polar surface area (TPSA) is 59.1 Å². The van der Waals surface area contributed by atoms with Crippen LogP contribution in [0.3, 0.4) is 0 Å². The molecule has 0 spiro atoms. The van der Waals surface area contributed by atoms with Crippen molar-refractivity contribution in [1.29, 1.82) is 0 Å². The summed E-state index contributed by atoms with van der Waals surface area (Å²) in [5.41, 5.74) is 0.773. The Balaban J connectivity index is 1.99. The van der Waals surface area contributed by atoms with E-state index in [0.717, 1.165) is 14.7 Å². The molecule has 0 unspecified atom stereocenters. The number of halogens is 2. The highest BCUT2D eigenvalue weighted by atomic mass is 79.9. The van der Waals surface area contributed by atoms with Gasteiger partial charge in [0.15, 0.2) is 5.13 Å². The second kappa shape index (κ2) is 5.68. The third-order valence-electron chi connectivity index (χ3n) is 2.70. The minimum atomic E-state index is -3.68. The molecule has 8 heteroatoms. The molecule has 0 saturated heterocycles. The molecule has 0 amide bonds. The van der Waals surface area contributed by atoms with Crippen molar-refractivity contribution in [2.75, 3.05) is 4.72 Å². The quantitative estimate of drug-likeness (QED) is 0.637. The normalized spacial score (nSPS) is 11.7. The number of benzene rings is 2. The summed E-state index contributed by atoms with van der Waals surface area (Å²) in [7, 11) is -3.68. The molecule has 0 saturated carbocycles. The van der Waals surface area contributed by atoms with Gasteiger partial charge in [0.05, 0.1) is 10.2 Å². The highest BCUT2D eigenvalue weighted by Gasteiger charge is 2.19. The molecule has 0 aliphatic heterocycles. The number of hydrogen-bond donors (Lipinski definition) is 1.